The maximum atomic E-state index is 11.4. The van der Waals surface area contributed by atoms with Gasteiger partial charge in [0.15, 0.2) is 0 Å². The van der Waals surface area contributed by atoms with Gasteiger partial charge in [0.2, 0.25) is 5.91 Å². The molecule has 0 saturated carbocycles. The average Bonchev–Trinajstić information content (AvgIpc) is 2.96. The fraction of sp³-hybridized carbons (Fsp3) is 0.375. The van der Waals surface area contributed by atoms with Crippen LogP contribution in [0.25, 0.3) is 11.3 Å². The Labute approximate surface area is 149 Å². The quantitative estimate of drug-likeness (QED) is 0.825. The fourth-order valence-corrected chi connectivity index (χ4v) is 3.96. The maximum Gasteiger partial charge on any atom is 0.219 e. The summed E-state index contributed by atoms with van der Waals surface area (Å²) in [5.74, 6) is 0.151. The molecule has 0 unspecified atom stereocenters. The van der Waals surface area contributed by atoms with Crippen LogP contribution in [0.15, 0.2) is 23.6 Å². The Morgan fingerprint density at radius 3 is 2.65 bits per heavy atom. The van der Waals surface area contributed by atoms with Crippen LogP contribution >= 0.6 is 34.5 Å². The predicted molar refractivity (Wildman–Crippen MR) is 95.1 cm³/mol. The Balaban J connectivity index is 1.65. The van der Waals surface area contributed by atoms with Crippen LogP contribution in [-0.2, 0) is 11.3 Å². The van der Waals surface area contributed by atoms with E-state index in [1.54, 1.807) is 24.3 Å². The van der Waals surface area contributed by atoms with Crippen molar-refractivity contribution < 1.29 is 4.79 Å². The molecule has 122 valence electrons. The van der Waals surface area contributed by atoms with Gasteiger partial charge < -0.3 is 4.90 Å². The molecule has 0 aliphatic carbocycles. The summed E-state index contributed by atoms with van der Waals surface area (Å²) >= 11 is 13.8. The van der Waals surface area contributed by atoms with Crippen LogP contribution in [0.1, 0.15) is 11.9 Å². The van der Waals surface area contributed by atoms with Crippen molar-refractivity contribution in [3.05, 3.63) is 38.6 Å². The lowest BCUT2D eigenvalue weighted by Crippen LogP contribution is -2.47. The van der Waals surface area contributed by atoms with Crippen molar-refractivity contribution in [2.24, 2.45) is 0 Å². The zero-order valence-corrected chi connectivity index (χ0v) is 15.1. The second-order valence-electron chi connectivity index (χ2n) is 5.53. The molecule has 1 aliphatic rings. The van der Waals surface area contributed by atoms with E-state index in [-0.39, 0.29) is 5.91 Å². The van der Waals surface area contributed by atoms with Crippen LogP contribution in [0.2, 0.25) is 10.0 Å². The molecule has 2 heterocycles. The highest BCUT2D eigenvalue weighted by atomic mass is 35.5. The minimum absolute atomic E-state index is 0.151. The standard InChI is InChI=1S/C16H17Cl2N3OS/c1-11(22)21-6-4-20(5-7-21)9-16-19-15(10-23-16)13-3-2-12(17)8-14(13)18/h2-3,8,10H,4-7,9H2,1H3. The van der Waals surface area contributed by atoms with E-state index in [2.05, 4.69) is 9.88 Å². The van der Waals surface area contributed by atoms with Crippen LogP contribution in [0.5, 0.6) is 0 Å². The smallest absolute Gasteiger partial charge is 0.219 e. The van der Waals surface area contributed by atoms with E-state index in [0.29, 0.717) is 10.0 Å². The average molecular weight is 370 g/mol. The summed E-state index contributed by atoms with van der Waals surface area (Å²) in [6.45, 7) is 5.78. The monoisotopic (exact) mass is 369 g/mol. The van der Waals surface area contributed by atoms with Gasteiger partial charge in [-0.2, -0.15) is 0 Å². The molecular formula is C16H17Cl2N3OS. The normalized spacial score (nSPS) is 15.9. The number of carbonyl (C=O) groups excluding carboxylic acids is 1. The van der Waals surface area contributed by atoms with Gasteiger partial charge in [0.05, 0.1) is 17.3 Å². The van der Waals surface area contributed by atoms with Crippen LogP contribution in [0, 0.1) is 0 Å². The summed E-state index contributed by atoms with van der Waals surface area (Å²) in [4.78, 5) is 20.3. The summed E-state index contributed by atoms with van der Waals surface area (Å²) in [6, 6.07) is 5.45. The lowest BCUT2D eigenvalue weighted by atomic mass is 10.2. The topological polar surface area (TPSA) is 36.4 Å². The minimum Gasteiger partial charge on any atom is -0.340 e. The summed E-state index contributed by atoms with van der Waals surface area (Å²) < 4.78 is 0. The van der Waals surface area contributed by atoms with Crippen LogP contribution in [-0.4, -0.2) is 46.9 Å². The number of nitrogens with zero attached hydrogens (tertiary/aromatic N) is 3. The Kier molecular flexibility index (Phi) is 5.21. The SMILES string of the molecule is CC(=O)N1CCN(Cc2nc(-c3ccc(Cl)cc3Cl)cs2)CC1. The second-order valence-corrected chi connectivity index (χ2v) is 7.32. The van der Waals surface area contributed by atoms with Crippen LogP contribution in [0.3, 0.4) is 0 Å². The van der Waals surface area contributed by atoms with Crippen molar-refractivity contribution in [1.82, 2.24) is 14.8 Å². The summed E-state index contributed by atoms with van der Waals surface area (Å²) in [7, 11) is 0. The number of piperazine rings is 1. The zero-order valence-electron chi connectivity index (χ0n) is 12.8. The summed E-state index contributed by atoms with van der Waals surface area (Å²) in [5, 5.41) is 4.32. The van der Waals surface area contributed by atoms with Crippen molar-refractivity contribution in [2.45, 2.75) is 13.5 Å². The van der Waals surface area contributed by atoms with Crippen molar-refractivity contribution in [3.8, 4) is 11.3 Å². The Hall–Kier alpha value is -1.14. The van der Waals surface area contributed by atoms with Gasteiger partial charge in [0.25, 0.3) is 0 Å². The lowest BCUT2D eigenvalue weighted by Gasteiger charge is -2.33. The fourth-order valence-electron chi connectivity index (χ4n) is 2.62. The van der Waals surface area contributed by atoms with E-state index in [0.717, 1.165) is 49.0 Å². The molecular weight excluding hydrogens is 353 g/mol. The molecule has 7 heteroatoms. The van der Waals surface area contributed by atoms with Gasteiger partial charge in [-0.15, -0.1) is 11.3 Å². The molecule has 1 aromatic heterocycles. The molecule has 0 radical (unpaired) electrons. The number of hydrogen-bond acceptors (Lipinski definition) is 4. The molecule has 2 aromatic rings. The van der Waals surface area contributed by atoms with Gasteiger partial charge in [-0.1, -0.05) is 23.2 Å². The van der Waals surface area contributed by atoms with E-state index in [4.69, 9.17) is 23.2 Å². The highest BCUT2D eigenvalue weighted by molar-refractivity contribution is 7.09. The number of halogens is 2. The molecule has 0 bridgehead atoms. The van der Waals surface area contributed by atoms with Crippen LogP contribution < -0.4 is 0 Å². The molecule has 3 rings (SSSR count). The van der Waals surface area contributed by atoms with Gasteiger partial charge in [-0.05, 0) is 18.2 Å². The molecule has 0 spiro atoms. The van der Waals surface area contributed by atoms with Crippen molar-refractivity contribution in [3.63, 3.8) is 0 Å². The summed E-state index contributed by atoms with van der Waals surface area (Å²) in [5.41, 5.74) is 1.79. The molecule has 1 aliphatic heterocycles. The minimum atomic E-state index is 0.151. The van der Waals surface area contributed by atoms with E-state index >= 15 is 0 Å². The third-order valence-corrected chi connectivity index (χ3v) is 5.32. The number of aromatic nitrogens is 1. The Bertz CT molecular complexity index is 711. The first kappa shape index (κ1) is 16.7. The van der Waals surface area contributed by atoms with Gasteiger partial charge in [0.1, 0.15) is 5.01 Å². The van der Waals surface area contributed by atoms with E-state index in [1.807, 2.05) is 22.4 Å². The molecule has 1 aromatic carbocycles. The highest BCUT2D eigenvalue weighted by Gasteiger charge is 2.19. The van der Waals surface area contributed by atoms with Crippen molar-refractivity contribution >= 4 is 40.4 Å². The Morgan fingerprint density at radius 2 is 2.00 bits per heavy atom. The molecule has 0 atom stereocenters. The number of benzene rings is 1. The first-order valence-electron chi connectivity index (χ1n) is 7.40. The van der Waals surface area contributed by atoms with E-state index in [9.17, 15) is 4.79 Å². The predicted octanol–water partition coefficient (Wildman–Crippen LogP) is 3.78. The largest absolute Gasteiger partial charge is 0.340 e. The van der Waals surface area contributed by atoms with Gasteiger partial charge >= 0.3 is 0 Å². The molecule has 1 fully saturated rings. The molecule has 23 heavy (non-hydrogen) atoms. The van der Waals surface area contributed by atoms with Gasteiger partial charge in [-0.25, -0.2) is 4.98 Å². The van der Waals surface area contributed by atoms with Gasteiger partial charge in [0, 0.05) is 49.1 Å². The number of hydrogen-bond donors (Lipinski definition) is 0. The maximum absolute atomic E-state index is 11.4. The first-order valence-corrected chi connectivity index (χ1v) is 9.04. The number of rotatable bonds is 3. The van der Waals surface area contributed by atoms with E-state index in [1.165, 1.54) is 0 Å². The lowest BCUT2D eigenvalue weighted by molar-refractivity contribution is -0.130. The number of carbonyl (C=O) groups is 1. The first-order chi connectivity index (χ1) is 11.0. The molecule has 4 nitrogen and oxygen atoms in total. The number of thiazole rings is 1. The molecule has 1 saturated heterocycles. The zero-order chi connectivity index (χ0) is 16.4. The second kappa shape index (κ2) is 7.18. The third-order valence-electron chi connectivity index (χ3n) is 3.94. The van der Waals surface area contributed by atoms with E-state index < -0.39 is 0 Å². The van der Waals surface area contributed by atoms with Gasteiger partial charge in [-0.3, -0.25) is 9.69 Å². The third kappa shape index (κ3) is 4.04. The van der Waals surface area contributed by atoms with Crippen molar-refractivity contribution in [1.29, 1.82) is 0 Å². The summed E-state index contributed by atoms with van der Waals surface area (Å²) in [6.07, 6.45) is 0. The molecule has 1 amide bonds. The highest BCUT2D eigenvalue weighted by Crippen LogP contribution is 2.31. The number of amides is 1. The molecule has 0 N–H and O–H groups in total. The van der Waals surface area contributed by atoms with Crippen LogP contribution in [0.4, 0.5) is 0 Å². The Morgan fingerprint density at radius 1 is 1.26 bits per heavy atom. The van der Waals surface area contributed by atoms with Crippen molar-refractivity contribution in [2.75, 3.05) is 26.2 Å².